The minimum absolute atomic E-state index is 0.205. The van der Waals surface area contributed by atoms with E-state index < -0.39 is 11.1 Å². The number of ketones is 1. The largest absolute Gasteiger partial charge is 0.316 e. The van der Waals surface area contributed by atoms with Crippen LogP contribution < -0.4 is 11.1 Å². The monoisotopic (exact) mass is 357 g/mol. The number of nitrogens with zero attached hydrogens (tertiary/aromatic N) is 1. The second-order valence-electron chi connectivity index (χ2n) is 7.49. The Bertz CT molecular complexity index is 942. The fraction of sp³-hybridized carbons (Fsp3) is 0.550. The number of carbonyl (C=O) groups is 1. The molecule has 3 rings (SSSR count). The van der Waals surface area contributed by atoms with Crippen molar-refractivity contribution in [3.8, 4) is 0 Å². The molecule has 1 aromatic heterocycles. The molecule has 1 saturated heterocycles. The number of aryl methyl sites for hydroxylation is 2. The van der Waals surface area contributed by atoms with Crippen LogP contribution in [0, 0.1) is 13.8 Å². The van der Waals surface area contributed by atoms with Crippen molar-refractivity contribution in [3.05, 3.63) is 43.5 Å². The summed E-state index contributed by atoms with van der Waals surface area (Å²) in [5.41, 5.74) is 3.50. The highest BCUT2D eigenvalue weighted by Crippen LogP contribution is 2.26. The molecule has 0 saturated carbocycles. The van der Waals surface area contributed by atoms with Crippen molar-refractivity contribution in [3.63, 3.8) is 0 Å². The molecule has 2 N–H and O–H groups in total. The molecular weight excluding hydrogens is 330 g/mol. The summed E-state index contributed by atoms with van der Waals surface area (Å²) in [5, 5.41) is 0. The van der Waals surface area contributed by atoms with Crippen molar-refractivity contribution in [1.82, 2.24) is 14.9 Å². The highest BCUT2D eigenvalue weighted by molar-refractivity contribution is 5.80. The van der Waals surface area contributed by atoms with E-state index >= 15 is 0 Å². The highest BCUT2D eigenvalue weighted by Gasteiger charge is 2.23. The van der Waals surface area contributed by atoms with Gasteiger partial charge in [0.05, 0.1) is 17.6 Å². The molecule has 6 nitrogen and oxygen atoms in total. The van der Waals surface area contributed by atoms with Crippen molar-refractivity contribution in [2.45, 2.75) is 58.9 Å². The molecule has 1 atom stereocenters. The topological polar surface area (TPSA) is 86.0 Å². The van der Waals surface area contributed by atoms with E-state index in [0.29, 0.717) is 18.1 Å². The minimum atomic E-state index is -0.619. The van der Waals surface area contributed by atoms with Gasteiger partial charge in [-0.3, -0.25) is 19.3 Å². The summed E-state index contributed by atoms with van der Waals surface area (Å²) in [6, 6.07) is 2.30. The van der Waals surface area contributed by atoms with Crippen LogP contribution in [-0.4, -0.2) is 39.8 Å². The first-order chi connectivity index (χ1) is 12.4. The molecule has 1 aliphatic heterocycles. The van der Waals surface area contributed by atoms with Crippen LogP contribution in [0.3, 0.4) is 0 Å². The van der Waals surface area contributed by atoms with E-state index in [4.69, 9.17) is 0 Å². The lowest BCUT2D eigenvalue weighted by molar-refractivity contribution is -0.119. The predicted octanol–water partition coefficient (Wildman–Crippen LogP) is 2.21. The third-order valence-electron chi connectivity index (χ3n) is 5.57. The number of Topliss-reactive ketones (excluding diaryl/α,β-unsaturated/α-hetero) is 1. The number of aromatic amines is 2. The Kier molecular flexibility index (Phi) is 5.41. The lowest BCUT2D eigenvalue weighted by Crippen LogP contribution is -2.42. The zero-order valence-electron chi connectivity index (χ0n) is 15.8. The summed E-state index contributed by atoms with van der Waals surface area (Å²) in [5.74, 6) is 0.205. The van der Waals surface area contributed by atoms with Gasteiger partial charge < -0.3 is 9.97 Å². The first-order valence-electron chi connectivity index (χ1n) is 9.35. The third-order valence-corrected chi connectivity index (χ3v) is 5.57. The van der Waals surface area contributed by atoms with Gasteiger partial charge in [-0.25, -0.2) is 0 Å². The van der Waals surface area contributed by atoms with E-state index in [9.17, 15) is 14.4 Å². The first-order valence-corrected chi connectivity index (χ1v) is 9.35. The molecule has 1 aromatic carbocycles. The van der Waals surface area contributed by atoms with E-state index in [2.05, 4.69) is 21.8 Å². The normalized spacial score (nSPS) is 18.3. The van der Waals surface area contributed by atoms with Gasteiger partial charge in [0.25, 0.3) is 0 Å². The average Bonchev–Trinajstić information content (AvgIpc) is 2.58. The average molecular weight is 357 g/mol. The van der Waals surface area contributed by atoms with Gasteiger partial charge in [0, 0.05) is 6.04 Å². The lowest BCUT2D eigenvalue weighted by Gasteiger charge is -2.35. The summed E-state index contributed by atoms with van der Waals surface area (Å²) in [4.78, 5) is 42.8. The second kappa shape index (κ2) is 7.58. The Morgan fingerprint density at radius 1 is 1.19 bits per heavy atom. The predicted molar refractivity (Wildman–Crippen MR) is 103 cm³/mol. The lowest BCUT2D eigenvalue weighted by atomic mass is 9.92. The molecule has 0 radical (unpaired) electrons. The molecule has 2 aromatic rings. The Labute approximate surface area is 152 Å². The maximum absolute atomic E-state index is 11.8. The number of likely N-dealkylation sites (tertiary alicyclic amines) is 1. The van der Waals surface area contributed by atoms with E-state index in [0.717, 1.165) is 54.4 Å². The fourth-order valence-electron chi connectivity index (χ4n) is 4.08. The standard InChI is InChI=1S/C20H27N3O3/c1-12-10-17-18(22-20(26)19(25)21-17)16(14(12)3)8-7-15-6-4-5-9-23(15)11-13(2)24/h10,15H,4-9,11H2,1-3H3,(H,21,25)(H,22,26). The van der Waals surface area contributed by atoms with E-state index in [1.54, 1.807) is 6.92 Å². The fourth-order valence-corrected chi connectivity index (χ4v) is 4.08. The second-order valence-corrected chi connectivity index (χ2v) is 7.49. The summed E-state index contributed by atoms with van der Waals surface area (Å²) >= 11 is 0. The molecule has 1 fully saturated rings. The Balaban J connectivity index is 1.91. The van der Waals surface area contributed by atoms with Gasteiger partial charge in [0.2, 0.25) is 0 Å². The van der Waals surface area contributed by atoms with Gasteiger partial charge in [0.15, 0.2) is 0 Å². The molecule has 6 heteroatoms. The van der Waals surface area contributed by atoms with E-state index in [1.165, 1.54) is 6.42 Å². The van der Waals surface area contributed by atoms with Crippen LogP contribution in [0.4, 0.5) is 0 Å². The van der Waals surface area contributed by atoms with Crippen molar-refractivity contribution in [2.75, 3.05) is 13.1 Å². The van der Waals surface area contributed by atoms with Crippen LogP contribution >= 0.6 is 0 Å². The van der Waals surface area contributed by atoms with Gasteiger partial charge in [-0.15, -0.1) is 0 Å². The Morgan fingerprint density at radius 3 is 2.65 bits per heavy atom. The van der Waals surface area contributed by atoms with Crippen LogP contribution in [0.1, 0.15) is 49.3 Å². The molecule has 1 aliphatic rings. The summed E-state index contributed by atoms with van der Waals surface area (Å²) < 4.78 is 0. The van der Waals surface area contributed by atoms with Crippen LogP contribution in [0.15, 0.2) is 15.7 Å². The number of carbonyl (C=O) groups excluding carboxylic acids is 1. The highest BCUT2D eigenvalue weighted by atomic mass is 16.2. The van der Waals surface area contributed by atoms with Crippen molar-refractivity contribution >= 4 is 16.8 Å². The van der Waals surface area contributed by atoms with Crippen LogP contribution in [-0.2, 0) is 11.2 Å². The Morgan fingerprint density at radius 2 is 1.92 bits per heavy atom. The number of hydrogen-bond acceptors (Lipinski definition) is 4. The van der Waals surface area contributed by atoms with Gasteiger partial charge in [-0.1, -0.05) is 6.42 Å². The van der Waals surface area contributed by atoms with Crippen molar-refractivity contribution in [2.24, 2.45) is 0 Å². The smallest absolute Gasteiger partial charge is 0.314 e. The molecule has 1 unspecified atom stereocenters. The van der Waals surface area contributed by atoms with Gasteiger partial charge in [-0.2, -0.15) is 0 Å². The molecule has 0 amide bonds. The molecule has 2 heterocycles. The van der Waals surface area contributed by atoms with Crippen molar-refractivity contribution in [1.29, 1.82) is 0 Å². The molecule has 0 aliphatic carbocycles. The summed E-state index contributed by atoms with van der Waals surface area (Å²) in [6.45, 7) is 7.21. The van der Waals surface area contributed by atoms with Crippen LogP contribution in [0.2, 0.25) is 0 Å². The minimum Gasteiger partial charge on any atom is -0.316 e. The molecule has 26 heavy (non-hydrogen) atoms. The van der Waals surface area contributed by atoms with Gasteiger partial charge >= 0.3 is 11.1 Å². The first kappa shape index (κ1) is 18.6. The summed E-state index contributed by atoms with van der Waals surface area (Å²) in [7, 11) is 0. The van der Waals surface area contributed by atoms with E-state index in [1.807, 2.05) is 13.0 Å². The number of nitrogens with one attached hydrogen (secondary N) is 2. The van der Waals surface area contributed by atoms with Crippen LogP contribution in [0.25, 0.3) is 11.0 Å². The maximum Gasteiger partial charge on any atom is 0.314 e. The van der Waals surface area contributed by atoms with Crippen LogP contribution in [0.5, 0.6) is 0 Å². The number of fused-ring (bicyclic) bond motifs is 1. The maximum atomic E-state index is 11.8. The number of aromatic nitrogens is 2. The zero-order valence-corrected chi connectivity index (χ0v) is 15.8. The number of H-pyrrole nitrogens is 2. The summed E-state index contributed by atoms with van der Waals surface area (Å²) in [6.07, 6.45) is 5.18. The third kappa shape index (κ3) is 3.80. The SMILES string of the molecule is CC(=O)CN1CCCCC1CCc1c(C)c(C)cc2[nH]c(=O)c(=O)[nH]c12. The number of benzene rings is 1. The number of rotatable bonds is 5. The number of hydrogen-bond donors (Lipinski definition) is 2. The molecular formula is C20H27N3O3. The van der Waals surface area contributed by atoms with Gasteiger partial charge in [0.1, 0.15) is 5.78 Å². The number of piperidine rings is 1. The molecule has 0 bridgehead atoms. The zero-order chi connectivity index (χ0) is 18.8. The molecule has 140 valence electrons. The quantitative estimate of drug-likeness (QED) is 0.804. The molecule has 0 spiro atoms. The Hall–Kier alpha value is -2.21. The van der Waals surface area contributed by atoms with Gasteiger partial charge in [-0.05, 0) is 75.8 Å². The van der Waals surface area contributed by atoms with Crippen molar-refractivity contribution < 1.29 is 4.79 Å². The van der Waals surface area contributed by atoms with E-state index in [-0.39, 0.29) is 5.78 Å².